The normalized spacial score (nSPS) is 25.6. The van der Waals surface area contributed by atoms with Crippen LogP contribution >= 0.6 is 24.0 Å². The maximum absolute atomic E-state index is 5.46. The van der Waals surface area contributed by atoms with Crippen molar-refractivity contribution in [1.82, 2.24) is 20.0 Å². The predicted octanol–water partition coefficient (Wildman–Crippen LogP) is 2.89. The third-order valence-electron chi connectivity index (χ3n) is 6.83. The summed E-state index contributed by atoms with van der Waals surface area (Å²) >= 11 is 0. The highest BCUT2D eigenvalue weighted by atomic mass is 127. The van der Waals surface area contributed by atoms with E-state index in [2.05, 4.69) is 57.3 Å². The number of piperidine rings is 2. The van der Waals surface area contributed by atoms with E-state index in [1.54, 1.807) is 0 Å². The lowest BCUT2D eigenvalue weighted by Gasteiger charge is -2.48. The molecule has 1 aromatic carbocycles. The van der Waals surface area contributed by atoms with Crippen molar-refractivity contribution in [2.75, 3.05) is 65.6 Å². The number of fused-ring (bicyclic) bond motifs is 1. The smallest absolute Gasteiger partial charge is 0.193 e. The van der Waals surface area contributed by atoms with Gasteiger partial charge in [-0.2, -0.15) is 0 Å². The summed E-state index contributed by atoms with van der Waals surface area (Å²) in [6.45, 7) is 13.4. The van der Waals surface area contributed by atoms with Gasteiger partial charge in [0.1, 0.15) is 0 Å². The summed E-state index contributed by atoms with van der Waals surface area (Å²) in [5.74, 6) is 1.86. The Labute approximate surface area is 205 Å². The number of halogens is 1. The molecule has 0 saturated carbocycles. The van der Waals surface area contributed by atoms with Crippen molar-refractivity contribution < 1.29 is 4.74 Å². The van der Waals surface area contributed by atoms with E-state index in [0.29, 0.717) is 6.04 Å². The number of nitrogens with zero attached hydrogens (tertiary/aromatic N) is 4. The molecule has 2 unspecified atom stereocenters. The molecule has 2 atom stereocenters. The minimum atomic E-state index is 0. The molecular weight excluding hydrogens is 501 g/mol. The van der Waals surface area contributed by atoms with Gasteiger partial charge in [0, 0.05) is 51.9 Å². The van der Waals surface area contributed by atoms with E-state index in [1.165, 1.54) is 31.4 Å². The van der Waals surface area contributed by atoms with E-state index in [1.807, 2.05) is 0 Å². The Morgan fingerprint density at radius 1 is 1.10 bits per heavy atom. The van der Waals surface area contributed by atoms with Crippen molar-refractivity contribution in [1.29, 1.82) is 0 Å². The van der Waals surface area contributed by atoms with E-state index in [4.69, 9.17) is 9.73 Å². The molecule has 1 aromatic rings. The highest BCUT2D eigenvalue weighted by Gasteiger charge is 2.36. The maximum atomic E-state index is 5.46. The number of aliphatic imine (C=N–C) groups is 1. The van der Waals surface area contributed by atoms with Gasteiger partial charge >= 0.3 is 0 Å². The van der Waals surface area contributed by atoms with Crippen LogP contribution in [0.5, 0.6) is 0 Å². The number of ether oxygens (including phenoxy) is 1. The third kappa shape index (κ3) is 7.04. The fourth-order valence-electron chi connectivity index (χ4n) is 5.26. The Hall–Kier alpha value is -0.900. The molecule has 6 nitrogen and oxygen atoms in total. The van der Waals surface area contributed by atoms with Gasteiger partial charge in [0.25, 0.3) is 0 Å². The number of morpholine rings is 1. The highest BCUT2D eigenvalue weighted by Crippen LogP contribution is 2.31. The second-order valence-corrected chi connectivity index (χ2v) is 8.85. The molecule has 4 rings (SSSR count). The molecule has 31 heavy (non-hydrogen) atoms. The summed E-state index contributed by atoms with van der Waals surface area (Å²) in [4.78, 5) is 12.7. The van der Waals surface area contributed by atoms with Crippen LogP contribution in [-0.4, -0.2) is 92.3 Å². The Bertz CT molecular complexity index is 667. The van der Waals surface area contributed by atoms with Gasteiger partial charge in [0.15, 0.2) is 5.96 Å². The molecule has 0 spiro atoms. The topological polar surface area (TPSA) is 43.3 Å². The molecule has 0 aliphatic carbocycles. The van der Waals surface area contributed by atoms with Gasteiger partial charge in [-0.15, -0.1) is 24.0 Å². The van der Waals surface area contributed by atoms with Crippen LogP contribution in [0.3, 0.4) is 0 Å². The lowest BCUT2D eigenvalue weighted by Crippen LogP contribution is -2.56. The zero-order chi connectivity index (χ0) is 20.6. The molecular formula is C24H40IN5O. The second-order valence-electron chi connectivity index (χ2n) is 8.85. The van der Waals surface area contributed by atoms with Gasteiger partial charge in [0.05, 0.1) is 19.8 Å². The molecule has 0 bridgehead atoms. The fraction of sp³-hybridized carbons (Fsp3) is 0.708. The lowest BCUT2D eigenvalue weighted by molar-refractivity contribution is 0.0365. The highest BCUT2D eigenvalue weighted by molar-refractivity contribution is 14.0. The van der Waals surface area contributed by atoms with Gasteiger partial charge in [-0.1, -0.05) is 30.3 Å². The van der Waals surface area contributed by atoms with Crippen molar-refractivity contribution in [3.8, 4) is 0 Å². The summed E-state index contributed by atoms with van der Waals surface area (Å²) in [6, 6.07) is 11.7. The van der Waals surface area contributed by atoms with Crippen molar-refractivity contribution >= 4 is 29.9 Å². The molecule has 3 aliphatic rings. The quantitative estimate of drug-likeness (QED) is 0.341. The Morgan fingerprint density at radius 3 is 2.68 bits per heavy atom. The number of benzene rings is 1. The van der Waals surface area contributed by atoms with Crippen LogP contribution in [0, 0.1) is 5.92 Å². The molecule has 1 N–H and O–H groups in total. The van der Waals surface area contributed by atoms with Gasteiger partial charge in [0.2, 0.25) is 0 Å². The van der Waals surface area contributed by atoms with E-state index in [0.717, 1.165) is 77.4 Å². The van der Waals surface area contributed by atoms with E-state index >= 15 is 0 Å². The maximum Gasteiger partial charge on any atom is 0.193 e. The number of nitrogens with one attached hydrogen (secondary N) is 1. The minimum absolute atomic E-state index is 0. The van der Waals surface area contributed by atoms with Crippen LogP contribution in [0.2, 0.25) is 0 Å². The first kappa shape index (κ1) is 24.7. The molecule has 0 aromatic heterocycles. The Morgan fingerprint density at radius 2 is 1.90 bits per heavy atom. The van der Waals surface area contributed by atoms with Crippen molar-refractivity contribution in [2.45, 2.75) is 38.8 Å². The summed E-state index contributed by atoms with van der Waals surface area (Å²) in [5.41, 5.74) is 1.44. The first-order chi connectivity index (χ1) is 14.8. The number of rotatable bonds is 6. The third-order valence-corrected chi connectivity index (χ3v) is 6.83. The van der Waals surface area contributed by atoms with Crippen LogP contribution < -0.4 is 5.32 Å². The van der Waals surface area contributed by atoms with Gasteiger partial charge in [-0.3, -0.25) is 14.8 Å². The van der Waals surface area contributed by atoms with Crippen LogP contribution in [0.15, 0.2) is 35.3 Å². The van der Waals surface area contributed by atoms with E-state index in [9.17, 15) is 0 Å². The first-order valence-corrected chi connectivity index (χ1v) is 11.9. The zero-order valence-corrected chi connectivity index (χ0v) is 21.4. The fourth-order valence-corrected chi connectivity index (χ4v) is 5.26. The number of hydrogen-bond donors (Lipinski definition) is 1. The number of likely N-dealkylation sites (tertiary alicyclic amines) is 2. The molecule has 7 heteroatoms. The standard InChI is InChI=1S/C24H39N5O.HI/c1-2-25-24(26-11-14-27-15-17-30-18-16-27)29-13-10-23-22(20-29)9-6-12-28(23)19-21-7-4-3-5-8-21;/h3-5,7-8,22-23H,2,6,9-20H2,1H3,(H,25,26);1H. The van der Waals surface area contributed by atoms with Gasteiger partial charge in [-0.05, 0) is 44.2 Å². The number of hydrogen-bond acceptors (Lipinski definition) is 4. The molecule has 3 heterocycles. The Kier molecular flexibility index (Phi) is 10.3. The largest absolute Gasteiger partial charge is 0.379 e. The molecule has 0 radical (unpaired) electrons. The average Bonchev–Trinajstić information content (AvgIpc) is 2.80. The zero-order valence-electron chi connectivity index (χ0n) is 19.0. The van der Waals surface area contributed by atoms with Crippen molar-refractivity contribution in [3.63, 3.8) is 0 Å². The average molecular weight is 542 g/mol. The molecule has 0 amide bonds. The molecule has 3 fully saturated rings. The predicted molar refractivity (Wildman–Crippen MR) is 138 cm³/mol. The molecule has 3 aliphatic heterocycles. The van der Waals surface area contributed by atoms with Crippen LogP contribution in [0.4, 0.5) is 0 Å². The summed E-state index contributed by atoms with van der Waals surface area (Å²) in [7, 11) is 0. The summed E-state index contributed by atoms with van der Waals surface area (Å²) in [6.07, 6.45) is 3.90. The van der Waals surface area contributed by atoms with E-state index < -0.39 is 0 Å². The van der Waals surface area contributed by atoms with Gasteiger partial charge < -0.3 is 15.0 Å². The van der Waals surface area contributed by atoms with Crippen molar-refractivity contribution in [3.05, 3.63) is 35.9 Å². The SMILES string of the molecule is CCNC(=NCCN1CCOCC1)N1CCC2C(CCCN2Cc2ccccc2)C1.I. The van der Waals surface area contributed by atoms with Crippen LogP contribution in [0.1, 0.15) is 31.7 Å². The minimum Gasteiger partial charge on any atom is -0.379 e. The van der Waals surface area contributed by atoms with Gasteiger partial charge in [-0.25, -0.2) is 0 Å². The van der Waals surface area contributed by atoms with E-state index in [-0.39, 0.29) is 24.0 Å². The summed E-state index contributed by atoms with van der Waals surface area (Å²) < 4.78 is 5.46. The monoisotopic (exact) mass is 541 g/mol. The second kappa shape index (κ2) is 13.0. The van der Waals surface area contributed by atoms with Crippen LogP contribution in [0.25, 0.3) is 0 Å². The first-order valence-electron chi connectivity index (χ1n) is 11.9. The number of guanidine groups is 1. The van der Waals surface area contributed by atoms with Crippen molar-refractivity contribution in [2.24, 2.45) is 10.9 Å². The summed E-state index contributed by atoms with van der Waals surface area (Å²) in [5, 5.41) is 3.56. The molecule has 3 saturated heterocycles. The Balaban J connectivity index is 0.00000272. The van der Waals surface area contributed by atoms with Crippen LogP contribution in [-0.2, 0) is 11.3 Å². The molecule has 174 valence electrons. The lowest BCUT2D eigenvalue weighted by atomic mass is 9.83.